The summed E-state index contributed by atoms with van der Waals surface area (Å²) in [5, 5.41) is 0.618. The van der Waals surface area contributed by atoms with Crippen LogP contribution in [0.4, 0.5) is 0 Å². The highest BCUT2D eigenvalue weighted by Crippen LogP contribution is 2.37. The number of hydrogen-bond donors (Lipinski definition) is 1. The Hall–Kier alpha value is -0.586. The summed E-state index contributed by atoms with van der Waals surface area (Å²) in [6.07, 6.45) is 1.08. The lowest BCUT2D eigenvalue weighted by atomic mass is 10.1. The van der Waals surface area contributed by atoms with Crippen LogP contribution in [0.15, 0.2) is 24.3 Å². The van der Waals surface area contributed by atoms with Gasteiger partial charge in [0.1, 0.15) is 14.0 Å². The van der Waals surface area contributed by atoms with E-state index in [4.69, 9.17) is 4.43 Å². The predicted molar refractivity (Wildman–Crippen MR) is 113 cm³/mol. The van der Waals surface area contributed by atoms with E-state index in [1.165, 1.54) is 5.56 Å². The van der Waals surface area contributed by atoms with Gasteiger partial charge in [-0.05, 0) is 53.8 Å². The normalized spacial score (nSPS) is 13.9. The minimum Gasteiger partial charge on any atom is -0.544 e. The number of rotatable bonds is 6. The van der Waals surface area contributed by atoms with Crippen LogP contribution in [0.5, 0.6) is 5.75 Å². The van der Waals surface area contributed by atoms with Crippen LogP contribution in [0.1, 0.15) is 47.1 Å². The molecule has 1 rings (SSSR count). The monoisotopic (exact) mass is 365 g/mol. The zero-order chi connectivity index (χ0) is 18.8. The van der Waals surface area contributed by atoms with E-state index in [0.29, 0.717) is 5.04 Å². The van der Waals surface area contributed by atoms with Gasteiger partial charge >= 0.3 is 0 Å². The van der Waals surface area contributed by atoms with Gasteiger partial charge in [-0.1, -0.05) is 66.8 Å². The summed E-state index contributed by atoms with van der Waals surface area (Å²) in [6.45, 7) is 24.4. The van der Waals surface area contributed by atoms with Gasteiger partial charge in [0.25, 0.3) is 0 Å². The van der Waals surface area contributed by atoms with Crippen LogP contribution in [-0.4, -0.2) is 23.1 Å². The first-order valence-corrected chi connectivity index (χ1v) is 15.1. The Morgan fingerprint density at radius 2 is 1.33 bits per heavy atom. The van der Waals surface area contributed by atoms with Crippen molar-refractivity contribution in [3.8, 4) is 5.75 Å². The van der Waals surface area contributed by atoms with E-state index in [9.17, 15) is 0 Å². The molecule has 2 nitrogen and oxygen atoms in total. The third kappa shape index (κ3) is 5.74. The van der Waals surface area contributed by atoms with Crippen molar-refractivity contribution >= 4 is 16.6 Å². The summed E-state index contributed by atoms with van der Waals surface area (Å²) >= 11 is 0. The minimum atomic E-state index is -1.74. The molecule has 24 heavy (non-hydrogen) atoms. The zero-order valence-corrected chi connectivity index (χ0v) is 19.6. The first kappa shape index (κ1) is 21.5. The van der Waals surface area contributed by atoms with Crippen molar-refractivity contribution < 1.29 is 4.43 Å². The second-order valence-corrected chi connectivity index (χ2v) is 19.9. The van der Waals surface area contributed by atoms with Crippen LogP contribution in [0.2, 0.25) is 36.3 Å². The van der Waals surface area contributed by atoms with Crippen LogP contribution in [0.3, 0.4) is 0 Å². The van der Waals surface area contributed by atoms with E-state index >= 15 is 0 Å². The van der Waals surface area contributed by atoms with E-state index in [-0.39, 0.29) is 5.04 Å². The number of hydrogen-bond acceptors (Lipinski definition) is 2. The summed E-state index contributed by atoms with van der Waals surface area (Å²) in [7, 11) is -3.13. The molecule has 0 bridgehead atoms. The maximum absolute atomic E-state index is 6.35. The molecule has 0 aromatic heterocycles. The molecular formula is C20H39NOSi2. The molecule has 138 valence electrons. The Morgan fingerprint density at radius 3 is 1.75 bits per heavy atom. The van der Waals surface area contributed by atoms with Crippen molar-refractivity contribution in [1.29, 1.82) is 0 Å². The van der Waals surface area contributed by atoms with Crippen LogP contribution in [0, 0.1) is 0 Å². The van der Waals surface area contributed by atoms with E-state index in [0.717, 1.165) is 18.7 Å². The molecule has 1 aromatic carbocycles. The summed E-state index contributed by atoms with van der Waals surface area (Å²) < 4.78 is 6.35. The van der Waals surface area contributed by atoms with Crippen molar-refractivity contribution in [2.45, 2.75) is 84.2 Å². The van der Waals surface area contributed by atoms with Gasteiger partial charge in [0.2, 0.25) is 8.32 Å². The highest BCUT2D eigenvalue weighted by atomic mass is 28.4. The Kier molecular flexibility index (Phi) is 6.56. The topological polar surface area (TPSA) is 21.3 Å². The molecule has 0 unspecified atom stereocenters. The Morgan fingerprint density at radius 1 is 0.833 bits per heavy atom. The molecule has 0 aliphatic heterocycles. The molecule has 1 N–H and O–H groups in total. The average molecular weight is 366 g/mol. The first-order valence-electron chi connectivity index (χ1n) is 9.19. The SMILES string of the molecule is CC(C)(C)[Si](C)(C)NCCc1ccc(O[Si](C)(C)C(C)(C)C)cc1. The molecule has 0 aliphatic rings. The van der Waals surface area contributed by atoms with E-state index in [2.05, 4.69) is 97.0 Å². The van der Waals surface area contributed by atoms with E-state index in [1.807, 2.05) is 0 Å². The van der Waals surface area contributed by atoms with Gasteiger partial charge in [0, 0.05) is 0 Å². The molecule has 0 saturated heterocycles. The van der Waals surface area contributed by atoms with Crippen molar-refractivity contribution in [1.82, 2.24) is 4.98 Å². The van der Waals surface area contributed by atoms with Gasteiger partial charge in [-0.3, -0.25) is 0 Å². The molecule has 4 heteroatoms. The molecule has 1 aromatic rings. The average Bonchev–Trinajstić information content (AvgIpc) is 2.37. The van der Waals surface area contributed by atoms with Gasteiger partial charge in [-0.2, -0.15) is 0 Å². The third-order valence-electron chi connectivity index (χ3n) is 5.96. The second kappa shape index (κ2) is 7.34. The summed E-state index contributed by atoms with van der Waals surface area (Å²) in [4.78, 5) is 3.83. The van der Waals surface area contributed by atoms with Crippen molar-refractivity contribution in [2.24, 2.45) is 0 Å². The quantitative estimate of drug-likeness (QED) is 0.605. The van der Waals surface area contributed by atoms with E-state index < -0.39 is 16.6 Å². The largest absolute Gasteiger partial charge is 0.544 e. The molecule has 0 aliphatic carbocycles. The highest BCUT2D eigenvalue weighted by Gasteiger charge is 2.39. The van der Waals surface area contributed by atoms with Crippen LogP contribution in [0.25, 0.3) is 0 Å². The maximum Gasteiger partial charge on any atom is 0.250 e. The van der Waals surface area contributed by atoms with Crippen molar-refractivity contribution in [2.75, 3.05) is 6.54 Å². The number of nitrogens with one attached hydrogen (secondary N) is 1. The van der Waals surface area contributed by atoms with Crippen LogP contribution < -0.4 is 9.41 Å². The smallest absolute Gasteiger partial charge is 0.250 e. The van der Waals surface area contributed by atoms with Gasteiger partial charge in [-0.25, -0.2) is 0 Å². The lowest BCUT2D eigenvalue weighted by Gasteiger charge is -2.37. The standard InChI is InChI=1S/C20H39NOSi2/c1-19(2,3)23(7,8)21-16-15-17-11-13-18(14-12-17)22-24(9,10)20(4,5)6/h11-14,21H,15-16H2,1-10H3. The highest BCUT2D eigenvalue weighted by molar-refractivity contribution is 6.77. The van der Waals surface area contributed by atoms with Crippen molar-refractivity contribution in [3.05, 3.63) is 29.8 Å². The molecule has 0 atom stereocenters. The lowest BCUT2D eigenvalue weighted by molar-refractivity contribution is 0.492. The van der Waals surface area contributed by atoms with Crippen LogP contribution >= 0.6 is 0 Å². The fourth-order valence-corrected chi connectivity index (χ4v) is 4.27. The molecular weight excluding hydrogens is 326 g/mol. The third-order valence-corrected chi connectivity index (χ3v) is 15.2. The van der Waals surface area contributed by atoms with Gasteiger partial charge in [0.05, 0.1) is 0 Å². The van der Waals surface area contributed by atoms with Gasteiger partial charge in [0.15, 0.2) is 0 Å². The van der Waals surface area contributed by atoms with E-state index in [1.54, 1.807) is 0 Å². The summed E-state index contributed by atoms with van der Waals surface area (Å²) in [5.41, 5.74) is 1.38. The molecule has 0 fully saturated rings. The fraction of sp³-hybridized carbons (Fsp3) is 0.700. The molecule has 0 spiro atoms. The summed E-state index contributed by atoms with van der Waals surface area (Å²) in [5.74, 6) is 1.02. The minimum absolute atomic E-state index is 0.235. The zero-order valence-electron chi connectivity index (χ0n) is 17.6. The summed E-state index contributed by atoms with van der Waals surface area (Å²) in [6, 6.07) is 8.72. The molecule has 0 amide bonds. The predicted octanol–water partition coefficient (Wildman–Crippen LogP) is 6.21. The Bertz CT molecular complexity index is 522. The Balaban J connectivity index is 2.60. The molecule has 0 heterocycles. The van der Waals surface area contributed by atoms with Crippen molar-refractivity contribution in [3.63, 3.8) is 0 Å². The number of benzene rings is 1. The first-order chi connectivity index (χ1) is 10.7. The maximum atomic E-state index is 6.35. The fourth-order valence-electron chi connectivity index (χ4n) is 1.96. The molecule has 0 saturated carbocycles. The van der Waals surface area contributed by atoms with Gasteiger partial charge in [-0.15, -0.1) is 0 Å². The molecule has 0 radical (unpaired) electrons. The second-order valence-electron chi connectivity index (χ2n) is 10.1. The Labute approximate surface area is 152 Å². The lowest BCUT2D eigenvalue weighted by Crippen LogP contribution is -2.52. The van der Waals surface area contributed by atoms with Crippen LogP contribution in [-0.2, 0) is 6.42 Å². The van der Waals surface area contributed by atoms with Gasteiger partial charge < -0.3 is 9.41 Å².